The summed E-state index contributed by atoms with van der Waals surface area (Å²) >= 11 is 0. The van der Waals surface area contributed by atoms with Crippen molar-refractivity contribution < 1.29 is 4.39 Å². The standard InChI is InChI=1S/C23H18FN5O/c1-3-17-8-7-15(11-26-17)18-9-23(30)28(2)14-20(18)16-12-27-29(13-16)22-6-4-5-21(24)19(22)10-25/h4-9,11-14H,3H2,1-2H3. The first kappa shape index (κ1) is 19.3. The molecule has 4 aromatic rings. The van der Waals surface area contributed by atoms with E-state index in [1.807, 2.05) is 25.1 Å². The zero-order chi connectivity index (χ0) is 21.3. The number of pyridine rings is 2. The monoisotopic (exact) mass is 399 g/mol. The van der Waals surface area contributed by atoms with Crippen LogP contribution in [0.4, 0.5) is 4.39 Å². The zero-order valence-corrected chi connectivity index (χ0v) is 16.5. The molecule has 0 fully saturated rings. The SMILES string of the molecule is CCc1ccc(-c2cc(=O)n(C)cc2-c2cnn(-c3cccc(F)c3C#N)c2)cn1. The van der Waals surface area contributed by atoms with E-state index in [0.29, 0.717) is 5.69 Å². The highest BCUT2D eigenvalue weighted by molar-refractivity contribution is 5.82. The van der Waals surface area contributed by atoms with Crippen molar-refractivity contribution in [2.75, 3.05) is 0 Å². The van der Waals surface area contributed by atoms with Gasteiger partial charge in [-0.15, -0.1) is 0 Å². The molecule has 0 unspecified atom stereocenters. The molecule has 3 heterocycles. The predicted octanol–water partition coefficient (Wildman–Crippen LogP) is 3.87. The van der Waals surface area contributed by atoms with Gasteiger partial charge in [-0.3, -0.25) is 9.78 Å². The number of benzene rings is 1. The Morgan fingerprint density at radius 3 is 2.63 bits per heavy atom. The van der Waals surface area contributed by atoms with Crippen molar-refractivity contribution in [1.82, 2.24) is 19.3 Å². The fraction of sp³-hybridized carbons (Fsp3) is 0.130. The molecular weight excluding hydrogens is 381 g/mol. The summed E-state index contributed by atoms with van der Waals surface area (Å²) in [5, 5.41) is 13.6. The molecule has 30 heavy (non-hydrogen) atoms. The maximum atomic E-state index is 14.0. The van der Waals surface area contributed by atoms with Gasteiger partial charge >= 0.3 is 0 Å². The lowest BCUT2D eigenvalue weighted by molar-refractivity contribution is 0.621. The minimum Gasteiger partial charge on any atom is -0.318 e. The molecule has 0 bridgehead atoms. The smallest absolute Gasteiger partial charge is 0.250 e. The molecule has 7 heteroatoms. The maximum Gasteiger partial charge on any atom is 0.250 e. The third kappa shape index (κ3) is 3.40. The van der Waals surface area contributed by atoms with E-state index in [1.165, 1.54) is 21.4 Å². The molecule has 0 radical (unpaired) electrons. The molecule has 0 spiro atoms. The van der Waals surface area contributed by atoms with Gasteiger partial charge in [0, 0.05) is 54.1 Å². The van der Waals surface area contributed by atoms with E-state index in [2.05, 4.69) is 10.1 Å². The molecule has 0 amide bonds. The number of nitriles is 1. The fourth-order valence-electron chi connectivity index (χ4n) is 3.30. The quantitative estimate of drug-likeness (QED) is 0.522. The highest BCUT2D eigenvalue weighted by Crippen LogP contribution is 2.31. The third-order valence-electron chi connectivity index (χ3n) is 4.97. The van der Waals surface area contributed by atoms with Gasteiger partial charge < -0.3 is 4.57 Å². The van der Waals surface area contributed by atoms with Crippen molar-refractivity contribution in [2.45, 2.75) is 13.3 Å². The van der Waals surface area contributed by atoms with Crippen molar-refractivity contribution in [1.29, 1.82) is 5.26 Å². The second-order valence-corrected chi connectivity index (χ2v) is 6.86. The molecule has 148 valence electrons. The molecule has 0 atom stereocenters. The van der Waals surface area contributed by atoms with Gasteiger partial charge in [0.15, 0.2) is 0 Å². The number of rotatable bonds is 4. The second-order valence-electron chi connectivity index (χ2n) is 6.86. The highest BCUT2D eigenvalue weighted by Gasteiger charge is 2.15. The number of hydrogen-bond donors (Lipinski definition) is 0. The van der Waals surface area contributed by atoms with Crippen molar-refractivity contribution in [3.05, 3.63) is 88.6 Å². The number of halogens is 1. The summed E-state index contributed by atoms with van der Waals surface area (Å²) in [5.74, 6) is -0.600. The third-order valence-corrected chi connectivity index (χ3v) is 4.97. The fourth-order valence-corrected chi connectivity index (χ4v) is 3.30. The minimum atomic E-state index is -0.600. The molecule has 0 saturated carbocycles. The van der Waals surface area contributed by atoms with Gasteiger partial charge in [-0.25, -0.2) is 9.07 Å². The summed E-state index contributed by atoms with van der Waals surface area (Å²) in [5.41, 5.74) is 4.15. The summed E-state index contributed by atoms with van der Waals surface area (Å²) in [6.45, 7) is 2.03. The lowest BCUT2D eigenvalue weighted by Crippen LogP contribution is -2.15. The Bertz CT molecular complexity index is 1330. The van der Waals surface area contributed by atoms with Gasteiger partial charge in [0.2, 0.25) is 0 Å². The second kappa shape index (κ2) is 7.76. The summed E-state index contributed by atoms with van der Waals surface area (Å²) in [6, 6.07) is 11.7. The predicted molar refractivity (Wildman–Crippen MR) is 112 cm³/mol. The molecule has 1 aromatic carbocycles. The maximum absolute atomic E-state index is 14.0. The van der Waals surface area contributed by atoms with E-state index in [4.69, 9.17) is 0 Å². The molecule has 0 aliphatic heterocycles. The molecule has 0 saturated heterocycles. The summed E-state index contributed by atoms with van der Waals surface area (Å²) in [6.07, 6.45) is 7.66. The Morgan fingerprint density at radius 2 is 1.93 bits per heavy atom. The van der Waals surface area contributed by atoms with Crippen LogP contribution in [0.1, 0.15) is 18.2 Å². The number of aromatic nitrogens is 4. The van der Waals surface area contributed by atoms with Crippen LogP contribution in [-0.4, -0.2) is 19.3 Å². The van der Waals surface area contributed by atoms with Crippen LogP contribution in [0.3, 0.4) is 0 Å². The molecule has 0 N–H and O–H groups in total. The number of nitrogens with zero attached hydrogens (tertiary/aromatic N) is 5. The average Bonchev–Trinajstić information content (AvgIpc) is 3.25. The van der Waals surface area contributed by atoms with Gasteiger partial charge in [0.25, 0.3) is 5.56 Å². The van der Waals surface area contributed by atoms with E-state index in [9.17, 15) is 14.4 Å². The van der Waals surface area contributed by atoms with Gasteiger partial charge in [0.1, 0.15) is 17.4 Å². The molecule has 4 rings (SSSR count). The van der Waals surface area contributed by atoms with Gasteiger partial charge in [-0.05, 0) is 30.2 Å². The first-order valence-electron chi connectivity index (χ1n) is 9.41. The molecule has 6 nitrogen and oxygen atoms in total. The Labute approximate surface area is 172 Å². The largest absolute Gasteiger partial charge is 0.318 e. The van der Waals surface area contributed by atoms with Crippen molar-refractivity contribution in [3.63, 3.8) is 0 Å². The van der Waals surface area contributed by atoms with E-state index < -0.39 is 5.82 Å². The van der Waals surface area contributed by atoms with E-state index in [0.717, 1.165) is 34.4 Å². The van der Waals surface area contributed by atoms with E-state index in [-0.39, 0.29) is 11.1 Å². The highest BCUT2D eigenvalue weighted by atomic mass is 19.1. The number of hydrogen-bond acceptors (Lipinski definition) is 4. The van der Waals surface area contributed by atoms with Crippen LogP contribution in [0.2, 0.25) is 0 Å². The summed E-state index contributed by atoms with van der Waals surface area (Å²) in [4.78, 5) is 16.7. The first-order valence-corrected chi connectivity index (χ1v) is 9.41. The van der Waals surface area contributed by atoms with Gasteiger partial charge in [0.05, 0.1) is 11.9 Å². The van der Waals surface area contributed by atoms with E-state index in [1.54, 1.807) is 44.0 Å². The molecule has 0 aliphatic rings. The normalized spacial score (nSPS) is 10.7. The average molecular weight is 399 g/mol. The van der Waals surface area contributed by atoms with Crippen LogP contribution in [0, 0.1) is 17.1 Å². The summed E-state index contributed by atoms with van der Waals surface area (Å²) < 4.78 is 17.0. The van der Waals surface area contributed by atoms with Crippen molar-refractivity contribution in [2.24, 2.45) is 7.05 Å². The Morgan fingerprint density at radius 1 is 1.10 bits per heavy atom. The van der Waals surface area contributed by atoms with Crippen molar-refractivity contribution in [3.8, 4) is 34.0 Å². The van der Waals surface area contributed by atoms with Gasteiger partial charge in [-0.1, -0.05) is 19.1 Å². The minimum absolute atomic E-state index is 0.0767. The van der Waals surface area contributed by atoms with Gasteiger partial charge in [-0.2, -0.15) is 10.4 Å². The lowest BCUT2D eigenvalue weighted by Gasteiger charge is -2.10. The van der Waals surface area contributed by atoms with Crippen LogP contribution in [0.5, 0.6) is 0 Å². The van der Waals surface area contributed by atoms with Crippen LogP contribution < -0.4 is 5.56 Å². The molecule has 0 aliphatic carbocycles. The lowest BCUT2D eigenvalue weighted by atomic mass is 9.99. The van der Waals surface area contributed by atoms with E-state index >= 15 is 0 Å². The Kier molecular flexibility index (Phi) is 4.98. The van der Waals surface area contributed by atoms with Crippen LogP contribution in [0.25, 0.3) is 27.9 Å². The van der Waals surface area contributed by atoms with Crippen LogP contribution in [-0.2, 0) is 13.5 Å². The summed E-state index contributed by atoms with van der Waals surface area (Å²) in [7, 11) is 1.68. The molecule has 3 aromatic heterocycles. The Balaban J connectivity index is 1.86. The van der Waals surface area contributed by atoms with Crippen LogP contribution in [0.15, 0.2) is 66.0 Å². The Hall–Kier alpha value is -4.05. The van der Waals surface area contributed by atoms with Crippen molar-refractivity contribution >= 4 is 0 Å². The van der Waals surface area contributed by atoms with Crippen LogP contribution >= 0.6 is 0 Å². The first-order chi connectivity index (χ1) is 14.5. The topological polar surface area (TPSA) is 76.5 Å². The molecular formula is C23H18FN5O. The number of aryl methyl sites for hydroxylation is 2. The zero-order valence-electron chi connectivity index (χ0n) is 16.5.